The molecule has 19 heavy (non-hydrogen) atoms. The average molecular weight is 267 g/mol. The minimum Gasteiger partial charge on any atom is -0.378 e. The summed E-state index contributed by atoms with van der Waals surface area (Å²) in [6.07, 6.45) is 15.6. The van der Waals surface area contributed by atoms with Crippen LogP contribution in [0.5, 0.6) is 0 Å². The molecule has 2 atom stereocenters. The molecule has 1 saturated carbocycles. The molecule has 0 spiro atoms. The molecular formula is C17H33NO. The van der Waals surface area contributed by atoms with Gasteiger partial charge in [0, 0.05) is 12.6 Å². The second-order valence-electron chi connectivity index (χ2n) is 6.54. The van der Waals surface area contributed by atoms with Gasteiger partial charge in [-0.05, 0) is 57.4 Å². The first-order valence-electron chi connectivity index (χ1n) is 8.75. The van der Waals surface area contributed by atoms with Gasteiger partial charge in [0.1, 0.15) is 0 Å². The summed E-state index contributed by atoms with van der Waals surface area (Å²) >= 11 is 0. The molecule has 1 aliphatic heterocycles. The minimum atomic E-state index is 0.534. The Hall–Kier alpha value is -0.0800. The number of ether oxygens (including phenoxy) is 1. The summed E-state index contributed by atoms with van der Waals surface area (Å²) in [5.74, 6) is 0.902. The van der Waals surface area contributed by atoms with Gasteiger partial charge in [-0.25, -0.2) is 0 Å². The number of hydrogen-bond acceptors (Lipinski definition) is 2. The Bertz CT molecular complexity index is 217. The quantitative estimate of drug-likeness (QED) is 0.725. The van der Waals surface area contributed by atoms with Crippen molar-refractivity contribution < 1.29 is 4.74 Å². The lowest BCUT2D eigenvalue weighted by atomic mass is 9.87. The van der Waals surface area contributed by atoms with Crippen LogP contribution in [0, 0.1) is 5.92 Å². The monoisotopic (exact) mass is 267 g/mol. The molecular weight excluding hydrogens is 234 g/mol. The first-order chi connectivity index (χ1) is 9.40. The topological polar surface area (TPSA) is 21.3 Å². The van der Waals surface area contributed by atoms with Gasteiger partial charge >= 0.3 is 0 Å². The average Bonchev–Trinajstić information content (AvgIpc) is 2.73. The highest BCUT2D eigenvalue weighted by molar-refractivity contribution is 4.82. The van der Waals surface area contributed by atoms with Crippen LogP contribution in [0.2, 0.25) is 0 Å². The molecule has 2 unspecified atom stereocenters. The maximum atomic E-state index is 5.97. The Kier molecular flexibility index (Phi) is 7.23. The van der Waals surface area contributed by atoms with Crippen LogP contribution in [0.25, 0.3) is 0 Å². The Balaban J connectivity index is 1.85. The third-order valence-electron chi connectivity index (χ3n) is 4.92. The molecule has 1 aliphatic carbocycles. The van der Waals surface area contributed by atoms with Crippen LogP contribution in [-0.2, 0) is 4.74 Å². The van der Waals surface area contributed by atoms with Crippen LogP contribution in [0.3, 0.4) is 0 Å². The predicted molar refractivity (Wildman–Crippen MR) is 81.5 cm³/mol. The summed E-state index contributed by atoms with van der Waals surface area (Å²) in [6, 6.07) is 0.709. The molecule has 1 saturated heterocycles. The van der Waals surface area contributed by atoms with E-state index in [0.717, 1.165) is 12.5 Å². The van der Waals surface area contributed by atoms with Gasteiger partial charge in [0.2, 0.25) is 0 Å². The second kappa shape index (κ2) is 8.97. The van der Waals surface area contributed by atoms with E-state index in [9.17, 15) is 0 Å². The highest BCUT2D eigenvalue weighted by atomic mass is 16.5. The van der Waals surface area contributed by atoms with Gasteiger partial charge in [-0.15, -0.1) is 0 Å². The lowest BCUT2D eigenvalue weighted by Crippen LogP contribution is -2.40. The van der Waals surface area contributed by atoms with Crippen molar-refractivity contribution in [2.24, 2.45) is 5.92 Å². The lowest BCUT2D eigenvalue weighted by Gasteiger charge is -2.32. The van der Waals surface area contributed by atoms with Crippen molar-refractivity contribution in [1.29, 1.82) is 0 Å². The van der Waals surface area contributed by atoms with Gasteiger partial charge < -0.3 is 10.1 Å². The molecule has 0 radical (unpaired) electrons. The molecule has 0 aromatic rings. The van der Waals surface area contributed by atoms with Crippen LogP contribution >= 0.6 is 0 Å². The van der Waals surface area contributed by atoms with Crippen LogP contribution in [0.1, 0.15) is 77.6 Å². The van der Waals surface area contributed by atoms with Crippen LogP contribution in [0.15, 0.2) is 0 Å². The van der Waals surface area contributed by atoms with Crippen LogP contribution < -0.4 is 5.32 Å². The molecule has 2 nitrogen and oxygen atoms in total. The smallest absolute Gasteiger partial charge is 0.0590 e. The highest BCUT2D eigenvalue weighted by Crippen LogP contribution is 2.29. The van der Waals surface area contributed by atoms with Crippen molar-refractivity contribution in [3.63, 3.8) is 0 Å². The maximum Gasteiger partial charge on any atom is 0.0590 e. The van der Waals surface area contributed by atoms with Crippen molar-refractivity contribution >= 4 is 0 Å². The number of rotatable bonds is 6. The van der Waals surface area contributed by atoms with Crippen molar-refractivity contribution in [2.75, 3.05) is 13.2 Å². The predicted octanol–water partition coefficient (Wildman–Crippen LogP) is 4.28. The first-order valence-corrected chi connectivity index (χ1v) is 8.75. The van der Waals surface area contributed by atoms with Crippen LogP contribution in [0.4, 0.5) is 0 Å². The fourth-order valence-corrected chi connectivity index (χ4v) is 3.76. The Morgan fingerprint density at radius 3 is 2.37 bits per heavy atom. The van der Waals surface area contributed by atoms with Crippen molar-refractivity contribution in [3.05, 3.63) is 0 Å². The Morgan fingerprint density at radius 1 is 1.00 bits per heavy atom. The van der Waals surface area contributed by atoms with Crippen LogP contribution in [-0.4, -0.2) is 25.3 Å². The molecule has 0 aromatic carbocycles. The molecule has 1 heterocycles. The molecule has 0 amide bonds. The second-order valence-corrected chi connectivity index (χ2v) is 6.54. The number of nitrogens with one attached hydrogen (secondary N) is 1. The summed E-state index contributed by atoms with van der Waals surface area (Å²) in [5, 5.41) is 3.83. The fourth-order valence-electron chi connectivity index (χ4n) is 3.76. The Labute approximate surface area is 119 Å². The van der Waals surface area contributed by atoms with E-state index in [2.05, 4.69) is 12.2 Å². The molecule has 112 valence electrons. The van der Waals surface area contributed by atoms with Gasteiger partial charge in [0.15, 0.2) is 0 Å². The molecule has 1 N–H and O–H groups in total. The zero-order valence-corrected chi connectivity index (χ0v) is 12.8. The summed E-state index contributed by atoms with van der Waals surface area (Å²) in [5.41, 5.74) is 0. The van der Waals surface area contributed by atoms with Gasteiger partial charge in [-0.2, -0.15) is 0 Å². The van der Waals surface area contributed by atoms with E-state index >= 15 is 0 Å². The summed E-state index contributed by atoms with van der Waals surface area (Å²) < 4.78 is 5.97. The van der Waals surface area contributed by atoms with E-state index < -0.39 is 0 Å². The van der Waals surface area contributed by atoms with Gasteiger partial charge in [-0.1, -0.05) is 32.6 Å². The fraction of sp³-hybridized carbons (Fsp3) is 1.00. The third kappa shape index (κ3) is 5.43. The van der Waals surface area contributed by atoms with E-state index in [0.29, 0.717) is 12.1 Å². The Morgan fingerprint density at radius 2 is 1.74 bits per heavy atom. The zero-order valence-electron chi connectivity index (χ0n) is 12.8. The van der Waals surface area contributed by atoms with E-state index in [1.807, 2.05) is 0 Å². The standard InChI is InChI=1S/C17H33NO/c1-2-12-18-17(14-16-11-7-8-13-19-16)15-9-5-3-4-6-10-15/h15-18H,2-14H2,1H3. The van der Waals surface area contributed by atoms with Crippen molar-refractivity contribution in [3.8, 4) is 0 Å². The summed E-state index contributed by atoms with van der Waals surface area (Å²) in [4.78, 5) is 0. The zero-order chi connectivity index (χ0) is 13.3. The van der Waals surface area contributed by atoms with Gasteiger partial charge in [0.25, 0.3) is 0 Å². The van der Waals surface area contributed by atoms with E-state index in [1.54, 1.807) is 0 Å². The van der Waals surface area contributed by atoms with E-state index in [4.69, 9.17) is 4.74 Å². The normalized spacial score (nSPS) is 27.9. The minimum absolute atomic E-state index is 0.534. The molecule has 2 rings (SSSR count). The molecule has 0 aromatic heterocycles. The maximum absolute atomic E-state index is 5.97. The SMILES string of the molecule is CCCNC(CC1CCCCO1)C1CCCCCC1. The van der Waals surface area contributed by atoms with E-state index in [-0.39, 0.29) is 0 Å². The van der Waals surface area contributed by atoms with E-state index in [1.165, 1.54) is 77.2 Å². The largest absolute Gasteiger partial charge is 0.378 e. The molecule has 0 bridgehead atoms. The highest BCUT2D eigenvalue weighted by Gasteiger charge is 2.26. The van der Waals surface area contributed by atoms with Gasteiger partial charge in [0.05, 0.1) is 6.10 Å². The summed E-state index contributed by atoms with van der Waals surface area (Å²) in [7, 11) is 0. The van der Waals surface area contributed by atoms with Gasteiger partial charge in [-0.3, -0.25) is 0 Å². The summed E-state index contributed by atoms with van der Waals surface area (Å²) in [6.45, 7) is 4.44. The molecule has 2 fully saturated rings. The first kappa shape index (κ1) is 15.3. The molecule has 2 aliphatic rings. The molecule has 2 heteroatoms. The number of hydrogen-bond donors (Lipinski definition) is 1. The third-order valence-corrected chi connectivity index (χ3v) is 4.92. The lowest BCUT2D eigenvalue weighted by molar-refractivity contribution is 0.000483. The van der Waals surface area contributed by atoms with Crippen molar-refractivity contribution in [1.82, 2.24) is 5.32 Å². The van der Waals surface area contributed by atoms with Crippen molar-refractivity contribution in [2.45, 2.75) is 89.7 Å².